The summed E-state index contributed by atoms with van der Waals surface area (Å²) in [6.07, 6.45) is 0.822. The predicted octanol–water partition coefficient (Wildman–Crippen LogP) is 4.48. The molecule has 0 unspecified atom stereocenters. The van der Waals surface area contributed by atoms with Crippen LogP contribution in [0, 0.1) is 0 Å². The van der Waals surface area contributed by atoms with Gasteiger partial charge in [-0.15, -0.1) is 0 Å². The number of ether oxygens (including phenoxy) is 2. The van der Waals surface area contributed by atoms with E-state index in [2.05, 4.69) is 0 Å². The highest BCUT2D eigenvalue weighted by Crippen LogP contribution is 2.32. The maximum absolute atomic E-state index is 12.6. The van der Waals surface area contributed by atoms with Gasteiger partial charge in [-0.1, -0.05) is 11.6 Å². The summed E-state index contributed by atoms with van der Waals surface area (Å²) >= 11 is 5.96. The molecule has 2 heterocycles. The van der Waals surface area contributed by atoms with Gasteiger partial charge in [0.25, 0.3) is 0 Å². The zero-order valence-electron chi connectivity index (χ0n) is 12.2. The Labute approximate surface area is 137 Å². The van der Waals surface area contributed by atoms with E-state index in [9.17, 15) is 4.79 Å². The van der Waals surface area contributed by atoms with E-state index in [1.807, 2.05) is 0 Å². The van der Waals surface area contributed by atoms with Crippen LogP contribution in [0.4, 0.5) is 0 Å². The standard InChI is InChI=1S/C18H13ClO4/c19-13-3-5-14-12(8-13)10-17(23-14)18(20)11-2-4-15-16(9-11)22-7-1-6-21-15/h2-5,8-10H,1,6-7H2. The van der Waals surface area contributed by atoms with Crippen LogP contribution in [0.25, 0.3) is 11.0 Å². The summed E-state index contributed by atoms with van der Waals surface area (Å²) in [6.45, 7) is 1.19. The second kappa shape index (κ2) is 5.63. The first-order valence-electron chi connectivity index (χ1n) is 7.34. The zero-order chi connectivity index (χ0) is 15.8. The van der Waals surface area contributed by atoms with Gasteiger partial charge in [0.05, 0.1) is 13.2 Å². The second-order valence-electron chi connectivity index (χ2n) is 5.33. The first-order chi connectivity index (χ1) is 11.2. The van der Waals surface area contributed by atoms with Crippen molar-refractivity contribution in [3.63, 3.8) is 0 Å². The molecule has 4 rings (SSSR count). The molecular formula is C18H13ClO4. The molecule has 0 radical (unpaired) electrons. The summed E-state index contributed by atoms with van der Waals surface area (Å²) in [5.74, 6) is 1.33. The number of benzene rings is 2. The Balaban J connectivity index is 1.71. The van der Waals surface area contributed by atoms with E-state index >= 15 is 0 Å². The lowest BCUT2D eigenvalue weighted by atomic mass is 10.1. The summed E-state index contributed by atoms with van der Waals surface area (Å²) < 4.78 is 16.8. The smallest absolute Gasteiger partial charge is 0.228 e. The quantitative estimate of drug-likeness (QED) is 0.651. The Morgan fingerprint density at radius 3 is 2.65 bits per heavy atom. The SMILES string of the molecule is O=C(c1ccc2c(c1)OCCCO2)c1cc2cc(Cl)ccc2o1. The first-order valence-corrected chi connectivity index (χ1v) is 7.72. The highest BCUT2D eigenvalue weighted by Gasteiger charge is 2.18. The molecule has 5 heteroatoms. The third kappa shape index (κ3) is 2.66. The third-order valence-electron chi connectivity index (χ3n) is 3.71. The van der Waals surface area contributed by atoms with Crippen molar-refractivity contribution < 1.29 is 18.7 Å². The number of rotatable bonds is 2. The van der Waals surface area contributed by atoms with Gasteiger partial charge in [-0.25, -0.2) is 0 Å². The number of hydrogen-bond acceptors (Lipinski definition) is 4. The second-order valence-corrected chi connectivity index (χ2v) is 5.77. The van der Waals surface area contributed by atoms with E-state index in [1.54, 1.807) is 42.5 Å². The van der Waals surface area contributed by atoms with Gasteiger partial charge in [0.1, 0.15) is 5.58 Å². The van der Waals surface area contributed by atoms with Crippen LogP contribution in [0.1, 0.15) is 22.5 Å². The Kier molecular flexibility index (Phi) is 3.46. The summed E-state index contributed by atoms with van der Waals surface area (Å²) in [7, 11) is 0. The van der Waals surface area contributed by atoms with Gasteiger partial charge in [-0.05, 0) is 42.5 Å². The number of carbonyl (C=O) groups is 1. The highest BCUT2D eigenvalue weighted by atomic mass is 35.5. The van der Waals surface area contributed by atoms with Crippen LogP contribution in [0.2, 0.25) is 5.02 Å². The van der Waals surface area contributed by atoms with E-state index in [0.29, 0.717) is 40.9 Å². The van der Waals surface area contributed by atoms with Crippen LogP contribution in [0.5, 0.6) is 11.5 Å². The molecule has 0 N–H and O–H groups in total. The Bertz CT molecular complexity index is 897. The van der Waals surface area contributed by atoms with Gasteiger partial charge in [0, 0.05) is 22.4 Å². The number of fused-ring (bicyclic) bond motifs is 2. The molecule has 0 spiro atoms. The lowest BCUT2D eigenvalue weighted by molar-refractivity contribution is 0.101. The van der Waals surface area contributed by atoms with Gasteiger partial charge in [-0.3, -0.25) is 4.79 Å². The molecule has 0 bridgehead atoms. The molecular weight excluding hydrogens is 316 g/mol. The Morgan fingerprint density at radius 2 is 1.78 bits per heavy atom. The monoisotopic (exact) mass is 328 g/mol. The van der Waals surface area contributed by atoms with E-state index in [0.717, 1.165) is 11.8 Å². The number of furan rings is 1. The molecule has 1 aliphatic heterocycles. The number of ketones is 1. The lowest BCUT2D eigenvalue weighted by Crippen LogP contribution is -2.01. The van der Waals surface area contributed by atoms with Crippen molar-refractivity contribution in [2.75, 3.05) is 13.2 Å². The molecule has 0 saturated heterocycles. The van der Waals surface area contributed by atoms with Crippen LogP contribution in [-0.2, 0) is 0 Å². The average molecular weight is 329 g/mol. The lowest BCUT2D eigenvalue weighted by Gasteiger charge is -2.08. The fraction of sp³-hybridized carbons (Fsp3) is 0.167. The molecule has 1 aliphatic rings. The maximum Gasteiger partial charge on any atom is 0.228 e. The molecule has 1 aromatic heterocycles. The van der Waals surface area contributed by atoms with Crippen molar-refractivity contribution in [3.8, 4) is 11.5 Å². The molecule has 0 fully saturated rings. The summed E-state index contributed by atoms with van der Waals surface area (Å²) in [4.78, 5) is 12.6. The van der Waals surface area contributed by atoms with Gasteiger partial charge in [0.2, 0.25) is 5.78 Å². The van der Waals surface area contributed by atoms with Crippen molar-refractivity contribution in [2.24, 2.45) is 0 Å². The van der Waals surface area contributed by atoms with Crippen LogP contribution in [0.3, 0.4) is 0 Å². The average Bonchev–Trinajstić information content (AvgIpc) is 2.83. The maximum atomic E-state index is 12.6. The molecule has 2 aromatic carbocycles. The van der Waals surface area contributed by atoms with Crippen molar-refractivity contribution in [1.82, 2.24) is 0 Å². The molecule has 0 aliphatic carbocycles. The minimum atomic E-state index is -0.201. The third-order valence-corrected chi connectivity index (χ3v) is 3.95. The topological polar surface area (TPSA) is 48.7 Å². The summed E-state index contributed by atoms with van der Waals surface area (Å²) in [5.41, 5.74) is 1.13. The van der Waals surface area contributed by atoms with E-state index in [-0.39, 0.29) is 11.5 Å². The van der Waals surface area contributed by atoms with Crippen molar-refractivity contribution in [1.29, 1.82) is 0 Å². The van der Waals surface area contributed by atoms with Gasteiger partial charge in [-0.2, -0.15) is 0 Å². The fourth-order valence-corrected chi connectivity index (χ4v) is 2.75. The molecule has 0 amide bonds. The molecule has 4 nitrogen and oxygen atoms in total. The number of carbonyl (C=O) groups excluding carboxylic acids is 1. The van der Waals surface area contributed by atoms with E-state index in [1.165, 1.54) is 0 Å². The van der Waals surface area contributed by atoms with Crippen molar-refractivity contribution in [3.05, 3.63) is 58.8 Å². The minimum absolute atomic E-state index is 0.201. The summed E-state index contributed by atoms with van der Waals surface area (Å²) in [5, 5.41) is 1.41. The van der Waals surface area contributed by atoms with Gasteiger partial charge in [0.15, 0.2) is 17.3 Å². The largest absolute Gasteiger partial charge is 0.490 e. The highest BCUT2D eigenvalue weighted by molar-refractivity contribution is 6.31. The molecule has 23 heavy (non-hydrogen) atoms. The molecule has 116 valence electrons. The first kappa shape index (κ1) is 14.2. The van der Waals surface area contributed by atoms with Crippen molar-refractivity contribution >= 4 is 28.4 Å². The Morgan fingerprint density at radius 1 is 0.957 bits per heavy atom. The molecule has 0 saturated carbocycles. The van der Waals surface area contributed by atoms with Gasteiger partial charge < -0.3 is 13.9 Å². The van der Waals surface area contributed by atoms with Crippen LogP contribution >= 0.6 is 11.6 Å². The van der Waals surface area contributed by atoms with E-state index in [4.69, 9.17) is 25.5 Å². The zero-order valence-corrected chi connectivity index (χ0v) is 12.9. The molecule has 0 atom stereocenters. The van der Waals surface area contributed by atoms with Crippen molar-refractivity contribution in [2.45, 2.75) is 6.42 Å². The van der Waals surface area contributed by atoms with Gasteiger partial charge >= 0.3 is 0 Å². The van der Waals surface area contributed by atoms with Crippen LogP contribution in [0.15, 0.2) is 46.9 Å². The summed E-state index contributed by atoms with van der Waals surface area (Å²) in [6, 6.07) is 12.1. The number of hydrogen-bond donors (Lipinski definition) is 0. The molecule has 3 aromatic rings. The number of halogens is 1. The fourth-order valence-electron chi connectivity index (χ4n) is 2.57. The van der Waals surface area contributed by atoms with Crippen LogP contribution < -0.4 is 9.47 Å². The minimum Gasteiger partial charge on any atom is -0.490 e. The van der Waals surface area contributed by atoms with Crippen LogP contribution in [-0.4, -0.2) is 19.0 Å². The normalized spacial score (nSPS) is 13.8. The predicted molar refractivity (Wildman–Crippen MR) is 86.7 cm³/mol. The Hall–Kier alpha value is -2.46. The van der Waals surface area contributed by atoms with E-state index < -0.39 is 0 Å².